The molecule has 8 heteroatoms. The highest BCUT2D eigenvalue weighted by Gasteiger charge is 2.15. The number of aromatic nitrogens is 2. The van der Waals surface area contributed by atoms with E-state index in [1.165, 1.54) is 23.9 Å². The molecule has 0 aromatic carbocycles. The van der Waals surface area contributed by atoms with Crippen LogP contribution in [-0.2, 0) is 16.6 Å². The lowest BCUT2D eigenvalue weighted by molar-refractivity contribution is 0.578. The fourth-order valence-corrected chi connectivity index (χ4v) is 3.11. The first-order valence-corrected chi connectivity index (χ1v) is 6.98. The first-order valence-electron chi connectivity index (χ1n) is 4.30. The van der Waals surface area contributed by atoms with E-state index >= 15 is 0 Å². The standard InChI is InChI=1S/C8H8ClN3O2S2/c9-7-2-1-6(15-7)3-12-16(13,14)8-4-10-5-11-8/h1-2,4-5,12H,3H2,(H,10,11). The molecule has 0 bridgehead atoms. The Hall–Kier alpha value is -0.890. The lowest BCUT2D eigenvalue weighted by Gasteiger charge is -2.02. The molecule has 0 saturated heterocycles. The van der Waals surface area contributed by atoms with E-state index < -0.39 is 10.0 Å². The molecule has 0 radical (unpaired) electrons. The van der Waals surface area contributed by atoms with Gasteiger partial charge in [-0.25, -0.2) is 18.1 Å². The fourth-order valence-electron chi connectivity index (χ4n) is 1.08. The molecule has 2 rings (SSSR count). The van der Waals surface area contributed by atoms with Gasteiger partial charge in [-0.3, -0.25) is 0 Å². The number of thiophene rings is 1. The molecule has 2 aromatic rings. The minimum absolute atomic E-state index is 0.0511. The second kappa shape index (κ2) is 4.54. The Labute approximate surface area is 102 Å². The van der Waals surface area contributed by atoms with Gasteiger partial charge in [0, 0.05) is 11.4 Å². The largest absolute Gasteiger partial charge is 0.335 e. The van der Waals surface area contributed by atoms with Gasteiger partial charge in [0.1, 0.15) is 0 Å². The number of aromatic amines is 1. The maximum atomic E-state index is 11.7. The minimum atomic E-state index is -3.51. The minimum Gasteiger partial charge on any atom is -0.335 e. The van der Waals surface area contributed by atoms with Crippen molar-refractivity contribution >= 4 is 33.0 Å². The average molecular weight is 278 g/mol. The molecule has 2 heterocycles. The van der Waals surface area contributed by atoms with Crippen molar-refractivity contribution in [2.75, 3.05) is 0 Å². The SMILES string of the molecule is O=S(=O)(NCc1ccc(Cl)s1)c1cnc[nH]1. The van der Waals surface area contributed by atoms with Crippen LogP contribution in [0.25, 0.3) is 0 Å². The van der Waals surface area contributed by atoms with Crippen LogP contribution in [0.2, 0.25) is 4.34 Å². The van der Waals surface area contributed by atoms with E-state index in [0.717, 1.165) is 4.88 Å². The summed E-state index contributed by atoms with van der Waals surface area (Å²) in [5.74, 6) is 0. The number of rotatable bonds is 4. The molecule has 0 aliphatic rings. The van der Waals surface area contributed by atoms with Crippen molar-refractivity contribution in [1.29, 1.82) is 0 Å². The van der Waals surface area contributed by atoms with Gasteiger partial charge in [0.15, 0.2) is 5.03 Å². The molecule has 0 amide bonds. The Kier molecular flexibility index (Phi) is 3.29. The van der Waals surface area contributed by atoms with E-state index in [4.69, 9.17) is 11.6 Å². The summed E-state index contributed by atoms with van der Waals surface area (Å²) in [5.41, 5.74) is 0. The normalized spacial score (nSPS) is 11.8. The Morgan fingerprint density at radius 2 is 2.31 bits per heavy atom. The van der Waals surface area contributed by atoms with Crippen molar-refractivity contribution in [3.05, 3.63) is 33.9 Å². The second-order valence-electron chi connectivity index (χ2n) is 2.95. The van der Waals surface area contributed by atoms with Crippen molar-refractivity contribution in [1.82, 2.24) is 14.7 Å². The van der Waals surface area contributed by atoms with Crippen LogP contribution < -0.4 is 4.72 Å². The summed E-state index contributed by atoms with van der Waals surface area (Å²) < 4.78 is 26.4. The highest BCUT2D eigenvalue weighted by Crippen LogP contribution is 2.21. The van der Waals surface area contributed by atoms with Crippen molar-refractivity contribution in [3.63, 3.8) is 0 Å². The molecule has 2 aromatic heterocycles. The topological polar surface area (TPSA) is 74.8 Å². The second-order valence-corrected chi connectivity index (χ2v) is 6.48. The number of imidazole rings is 1. The molecule has 0 atom stereocenters. The van der Waals surface area contributed by atoms with Crippen LogP contribution in [0, 0.1) is 0 Å². The molecule has 2 N–H and O–H groups in total. The van der Waals surface area contributed by atoms with Gasteiger partial charge >= 0.3 is 0 Å². The van der Waals surface area contributed by atoms with E-state index in [1.807, 2.05) is 0 Å². The molecule has 86 valence electrons. The zero-order chi connectivity index (χ0) is 11.6. The Balaban J connectivity index is 2.06. The highest BCUT2D eigenvalue weighted by molar-refractivity contribution is 7.89. The van der Waals surface area contributed by atoms with Gasteiger partial charge in [-0.1, -0.05) is 11.6 Å². The third kappa shape index (κ3) is 2.62. The van der Waals surface area contributed by atoms with E-state index in [9.17, 15) is 8.42 Å². The summed E-state index contributed by atoms with van der Waals surface area (Å²) in [4.78, 5) is 7.04. The number of sulfonamides is 1. The number of hydrogen-bond acceptors (Lipinski definition) is 4. The van der Waals surface area contributed by atoms with E-state index in [2.05, 4.69) is 14.7 Å². The van der Waals surface area contributed by atoms with Crippen LogP contribution in [0.1, 0.15) is 4.88 Å². The van der Waals surface area contributed by atoms with Crippen molar-refractivity contribution < 1.29 is 8.42 Å². The molecule has 16 heavy (non-hydrogen) atoms. The fraction of sp³-hybridized carbons (Fsp3) is 0.125. The number of hydrogen-bond donors (Lipinski definition) is 2. The molecule has 0 fully saturated rings. The van der Waals surface area contributed by atoms with Gasteiger partial charge in [0.2, 0.25) is 0 Å². The van der Waals surface area contributed by atoms with Crippen molar-refractivity contribution in [2.45, 2.75) is 11.6 Å². The quantitative estimate of drug-likeness (QED) is 0.891. The smallest absolute Gasteiger partial charge is 0.257 e. The zero-order valence-corrected chi connectivity index (χ0v) is 10.4. The lowest BCUT2D eigenvalue weighted by atomic mass is 10.5. The summed E-state index contributed by atoms with van der Waals surface area (Å²) in [5, 5.41) is 0.0511. The zero-order valence-electron chi connectivity index (χ0n) is 7.97. The number of halogens is 1. The lowest BCUT2D eigenvalue weighted by Crippen LogP contribution is -2.23. The molecular weight excluding hydrogens is 270 g/mol. The number of nitrogens with one attached hydrogen (secondary N) is 2. The van der Waals surface area contributed by atoms with Crippen LogP contribution in [0.3, 0.4) is 0 Å². The summed E-state index contributed by atoms with van der Waals surface area (Å²) in [7, 11) is -3.51. The molecule has 5 nitrogen and oxygen atoms in total. The van der Waals surface area contributed by atoms with Gasteiger partial charge < -0.3 is 4.98 Å². The Morgan fingerprint density at radius 1 is 1.50 bits per heavy atom. The molecule has 0 saturated carbocycles. The van der Waals surface area contributed by atoms with E-state index in [1.54, 1.807) is 12.1 Å². The Bertz CT molecular complexity index is 562. The third-order valence-electron chi connectivity index (χ3n) is 1.83. The summed E-state index contributed by atoms with van der Waals surface area (Å²) in [6, 6.07) is 3.51. The van der Waals surface area contributed by atoms with Gasteiger partial charge in [-0.15, -0.1) is 11.3 Å². The predicted molar refractivity (Wildman–Crippen MR) is 61.9 cm³/mol. The molecule has 0 aliphatic carbocycles. The third-order valence-corrected chi connectivity index (χ3v) is 4.39. The van der Waals surface area contributed by atoms with Crippen LogP contribution in [0.5, 0.6) is 0 Å². The van der Waals surface area contributed by atoms with E-state index in [-0.39, 0.29) is 11.6 Å². The number of nitrogens with zero attached hydrogens (tertiary/aromatic N) is 1. The average Bonchev–Trinajstić information content (AvgIpc) is 2.85. The van der Waals surface area contributed by atoms with Gasteiger partial charge in [-0.2, -0.15) is 0 Å². The van der Waals surface area contributed by atoms with Crippen LogP contribution in [-0.4, -0.2) is 18.4 Å². The van der Waals surface area contributed by atoms with E-state index in [0.29, 0.717) is 4.34 Å². The van der Waals surface area contributed by atoms with Gasteiger partial charge in [0.05, 0.1) is 16.9 Å². The van der Waals surface area contributed by atoms with Gasteiger partial charge in [-0.05, 0) is 12.1 Å². The molecule has 0 unspecified atom stereocenters. The first-order chi connectivity index (χ1) is 7.58. The number of H-pyrrole nitrogens is 1. The van der Waals surface area contributed by atoms with Crippen molar-refractivity contribution in [3.8, 4) is 0 Å². The molecular formula is C8H8ClN3O2S2. The van der Waals surface area contributed by atoms with Crippen molar-refractivity contribution in [2.24, 2.45) is 0 Å². The van der Waals surface area contributed by atoms with Crippen LogP contribution in [0.4, 0.5) is 0 Å². The predicted octanol–water partition coefficient (Wildman–Crippen LogP) is 1.60. The van der Waals surface area contributed by atoms with Crippen LogP contribution in [0.15, 0.2) is 29.7 Å². The molecule has 0 aliphatic heterocycles. The maximum Gasteiger partial charge on any atom is 0.257 e. The summed E-state index contributed by atoms with van der Waals surface area (Å²) in [6.07, 6.45) is 2.57. The summed E-state index contributed by atoms with van der Waals surface area (Å²) in [6.45, 7) is 0.221. The highest BCUT2D eigenvalue weighted by atomic mass is 35.5. The monoisotopic (exact) mass is 277 g/mol. The van der Waals surface area contributed by atoms with Crippen LogP contribution >= 0.6 is 22.9 Å². The first kappa shape index (κ1) is 11.6. The molecule has 0 spiro atoms. The maximum absolute atomic E-state index is 11.7. The Morgan fingerprint density at radius 3 is 2.88 bits per heavy atom. The van der Waals surface area contributed by atoms with Gasteiger partial charge in [0.25, 0.3) is 10.0 Å². The summed E-state index contributed by atoms with van der Waals surface area (Å²) >= 11 is 7.07.